The Morgan fingerprint density at radius 3 is 2.22 bits per heavy atom. The zero-order valence-electron chi connectivity index (χ0n) is 11.5. The third kappa shape index (κ3) is 2.95. The van der Waals surface area contributed by atoms with Gasteiger partial charge in [0.2, 0.25) is 0 Å². The van der Waals surface area contributed by atoms with Crippen molar-refractivity contribution in [2.75, 3.05) is 0 Å². The Morgan fingerprint density at radius 2 is 1.72 bits per heavy atom. The average Bonchev–Trinajstić information content (AvgIpc) is 2.82. The van der Waals surface area contributed by atoms with Gasteiger partial charge in [-0.2, -0.15) is 0 Å². The molecule has 3 nitrogen and oxygen atoms in total. The second kappa shape index (κ2) is 4.79. The number of carbonyl (C=O) groups is 1. The van der Waals surface area contributed by atoms with Gasteiger partial charge in [-0.3, -0.25) is 0 Å². The summed E-state index contributed by atoms with van der Waals surface area (Å²) in [6.45, 7) is 5.68. The van der Waals surface area contributed by atoms with Crippen LogP contribution in [0.2, 0.25) is 0 Å². The minimum atomic E-state index is -0.439. The first-order valence-electron chi connectivity index (χ1n) is 6.72. The van der Waals surface area contributed by atoms with E-state index in [0.717, 1.165) is 25.7 Å². The number of rotatable bonds is 2. The number of nitrogens with one attached hydrogen (secondary N) is 1. The third-order valence-electron chi connectivity index (χ3n) is 3.67. The van der Waals surface area contributed by atoms with Crippen LogP contribution in [-0.2, 0) is 4.74 Å². The fraction of sp³-hybridized carbons (Fsp3) is 0.667. The van der Waals surface area contributed by atoms with E-state index < -0.39 is 5.60 Å². The van der Waals surface area contributed by atoms with E-state index in [9.17, 15) is 4.79 Å². The van der Waals surface area contributed by atoms with Gasteiger partial charge in [-0.1, -0.05) is 24.3 Å². The van der Waals surface area contributed by atoms with Gasteiger partial charge in [-0.05, 0) is 52.4 Å². The van der Waals surface area contributed by atoms with Crippen molar-refractivity contribution < 1.29 is 9.53 Å². The van der Waals surface area contributed by atoms with Crippen LogP contribution in [-0.4, -0.2) is 17.2 Å². The number of allylic oxidation sites excluding steroid dienone is 2. The van der Waals surface area contributed by atoms with E-state index >= 15 is 0 Å². The summed E-state index contributed by atoms with van der Waals surface area (Å²) in [5.41, 5.74) is -0.572. The Kier molecular flexibility index (Phi) is 3.51. The molecular weight excluding hydrogens is 226 g/mol. The highest BCUT2D eigenvalue weighted by atomic mass is 16.6. The highest BCUT2D eigenvalue weighted by Gasteiger charge is 2.41. The largest absolute Gasteiger partial charge is 0.444 e. The minimum absolute atomic E-state index is 0.133. The molecule has 0 unspecified atom stereocenters. The quantitative estimate of drug-likeness (QED) is 0.760. The van der Waals surface area contributed by atoms with E-state index in [1.807, 2.05) is 20.8 Å². The van der Waals surface area contributed by atoms with E-state index in [2.05, 4.69) is 29.6 Å². The van der Waals surface area contributed by atoms with Crippen LogP contribution in [0.1, 0.15) is 46.5 Å². The molecule has 0 atom stereocenters. The lowest BCUT2D eigenvalue weighted by molar-refractivity contribution is 0.0418. The highest BCUT2D eigenvalue weighted by Crippen LogP contribution is 2.38. The molecule has 0 bridgehead atoms. The minimum Gasteiger partial charge on any atom is -0.444 e. The summed E-state index contributed by atoms with van der Waals surface area (Å²) >= 11 is 0. The molecule has 0 aromatic heterocycles. The Morgan fingerprint density at radius 1 is 1.17 bits per heavy atom. The van der Waals surface area contributed by atoms with Crippen LogP contribution in [0.5, 0.6) is 0 Å². The van der Waals surface area contributed by atoms with Crippen molar-refractivity contribution in [2.24, 2.45) is 5.92 Å². The van der Waals surface area contributed by atoms with Crippen LogP contribution >= 0.6 is 0 Å². The molecule has 100 valence electrons. The summed E-state index contributed by atoms with van der Waals surface area (Å²) in [6.07, 6.45) is 12.4. The third-order valence-corrected chi connectivity index (χ3v) is 3.67. The van der Waals surface area contributed by atoms with Crippen molar-refractivity contribution in [3.8, 4) is 0 Å². The Hall–Kier alpha value is -1.25. The zero-order valence-corrected chi connectivity index (χ0v) is 11.5. The van der Waals surface area contributed by atoms with Crippen LogP contribution in [0.15, 0.2) is 24.3 Å². The molecule has 2 rings (SSSR count). The summed E-state index contributed by atoms with van der Waals surface area (Å²) in [6, 6.07) is 0. The zero-order chi connectivity index (χ0) is 13.2. The number of amides is 1. The van der Waals surface area contributed by atoms with Crippen LogP contribution < -0.4 is 5.32 Å². The van der Waals surface area contributed by atoms with Crippen molar-refractivity contribution in [3.63, 3.8) is 0 Å². The Balaban J connectivity index is 2.00. The lowest BCUT2D eigenvalue weighted by Gasteiger charge is -2.37. The van der Waals surface area contributed by atoms with Gasteiger partial charge in [0, 0.05) is 0 Å². The molecule has 3 heteroatoms. The number of alkyl carbamates (subject to hydrolysis) is 1. The first-order chi connectivity index (χ1) is 8.41. The molecule has 0 saturated carbocycles. The summed E-state index contributed by atoms with van der Waals surface area (Å²) in [4.78, 5) is 12.0. The molecule has 0 aliphatic heterocycles. The monoisotopic (exact) mass is 249 g/mol. The molecule has 0 fully saturated rings. The first kappa shape index (κ1) is 13.2. The Labute approximate surface area is 109 Å². The molecule has 0 aromatic carbocycles. The molecule has 0 radical (unpaired) electrons. The van der Waals surface area contributed by atoms with Crippen LogP contribution in [0.25, 0.3) is 0 Å². The van der Waals surface area contributed by atoms with Crippen LogP contribution in [0.4, 0.5) is 4.79 Å². The second-order valence-electron chi connectivity index (χ2n) is 6.30. The van der Waals surface area contributed by atoms with Gasteiger partial charge in [-0.25, -0.2) is 4.79 Å². The average molecular weight is 249 g/mol. The second-order valence-corrected chi connectivity index (χ2v) is 6.30. The topological polar surface area (TPSA) is 38.3 Å². The van der Waals surface area contributed by atoms with Crippen LogP contribution in [0.3, 0.4) is 0 Å². The van der Waals surface area contributed by atoms with E-state index in [4.69, 9.17) is 4.74 Å². The Bertz CT molecular complexity index is 360. The van der Waals surface area contributed by atoms with Gasteiger partial charge >= 0.3 is 6.09 Å². The molecular formula is C15H23NO2. The molecule has 18 heavy (non-hydrogen) atoms. The van der Waals surface area contributed by atoms with Crippen molar-refractivity contribution in [2.45, 2.75) is 57.6 Å². The first-order valence-corrected chi connectivity index (χ1v) is 6.72. The standard InChI is InChI=1S/C15H23NO2/c1-14(2,3)18-13(17)16-15(10-6-7-11-15)12-8-4-5-9-12/h4-7,12H,8-11H2,1-3H3,(H,16,17). The van der Waals surface area contributed by atoms with Crippen molar-refractivity contribution in [1.29, 1.82) is 0 Å². The predicted molar refractivity (Wildman–Crippen MR) is 72.3 cm³/mol. The predicted octanol–water partition coefficient (Wildman–Crippen LogP) is 3.57. The van der Waals surface area contributed by atoms with E-state index in [0.29, 0.717) is 5.92 Å². The molecule has 1 N–H and O–H groups in total. The van der Waals surface area contributed by atoms with Crippen molar-refractivity contribution >= 4 is 6.09 Å². The normalized spacial score (nSPS) is 22.4. The summed E-state index contributed by atoms with van der Waals surface area (Å²) < 4.78 is 5.39. The SMILES string of the molecule is CC(C)(C)OC(=O)NC1(C2CC=CC2)CC=CC1. The van der Waals surface area contributed by atoms with Gasteiger partial charge in [0.1, 0.15) is 5.60 Å². The number of hydrogen-bond acceptors (Lipinski definition) is 2. The summed E-state index contributed by atoms with van der Waals surface area (Å²) in [5, 5.41) is 3.13. The summed E-state index contributed by atoms with van der Waals surface area (Å²) in [5.74, 6) is 0.500. The van der Waals surface area contributed by atoms with Gasteiger partial charge in [0.25, 0.3) is 0 Å². The molecule has 0 saturated heterocycles. The van der Waals surface area contributed by atoms with Crippen molar-refractivity contribution in [1.82, 2.24) is 5.32 Å². The van der Waals surface area contributed by atoms with Crippen molar-refractivity contribution in [3.05, 3.63) is 24.3 Å². The fourth-order valence-corrected chi connectivity index (χ4v) is 2.78. The van der Waals surface area contributed by atoms with Gasteiger partial charge in [0.15, 0.2) is 0 Å². The van der Waals surface area contributed by atoms with E-state index in [-0.39, 0.29) is 11.6 Å². The van der Waals surface area contributed by atoms with Crippen LogP contribution in [0, 0.1) is 5.92 Å². The lowest BCUT2D eigenvalue weighted by Crippen LogP contribution is -2.52. The fourth-order valence-electron chi connectivity index (χ4n) is 2.78. The maximum atomic E-state index is 12.0. The van der Waals surface area contributed by atoms with Gasteiger partial charge in [0.05, 0.1) is 5.54 Å². The molecule has 2 aliphatic carbocycles. The summed E-state index contributed by atoms with van der Waals surface area (Å²) in [7, 11) is 0. The van der Waals surface area contributed by atoms with E-state index in [1.165, 1.54) is 0 Å². The maximum absolute atomic E-state index is 12.0. The number of ether oxygens (including phenoxy) is 1. The smallest absolute Gasteiger partial charge is 0.408 e. The van der Waals surface area contributed by atoms with Gasteiger partial charge < -0.3 is 10.1 Å². The number of hydrogen-bond donors (Lipinski definition) is 1. The molecule has 0 spiro atoms. The highest BCUT2D eigenvalue weighted by molar-refractivity contribution is 5.69. The maximum Gasteiger partial charge on any atom is 0.408 e. The molecule has 1 amide bonds. The molecule has 2 aliphatic rings. The molecule has 0 heterocycles. The molecule has 0 aromatic rings. The lowest BCUT2D eigenvalue weighted by atomic mass is 9.80. The van der Waals surface area contributed by atoms with Gasteiger partial charge in [-0.15, -0.1) is 0 Å². The number of carbonyl (C=O) groups excluding carboxylic acids is 1. The van der Waals surface area contributed by atoms with E-state index in [1.54, 1.807) is 0 Å².